The summed E-state index contributed by atoms with van der Waals surface area (Å²) >= 11 is 0. The van der Waals surface area contributed by atoms with E-state index in [1.807, 2.05) is 43.3 Å². The molecule has 2 rings (SSSR count). The molecule has 1 unspecified atom stereocenters. The Morgan fingerprint density at radius 1 is 1.18 bits per heavy atom. The fraction of sp³-hybridized carbons (Fsp3) is 0.286. The van der Waals surface area contributed by atoms with Crippen LogP contribution in [0.4, 0.5) is 5.69 Å². The highest BCUT2D eigenvalue weighted by molar-refractivity contribution is 5.76. The first-order valence-electron chi connectivity index (χ1n) is 5.73. The predicted molar refractivity (Wildman–Crippen MR) is 73.2 cm³/mol. The topological polar surface area (TPSA) is 55.3 Å². The molecule has 3 heteroatoms. The van der Waals surface area contributed by atoms with Gasteiger partial charge >= 0.3 is 0 Å². The minimum absolute atomic E-state index is 0.364. The van der Waals surface area contributed by atoms with Crippen molar-refractivity contribution >= 4 is 11.3 Å². The summed E-state index contributed by atoms with van der Waals surface area (Å²) in [4.78, 5) is 2.03. The van der Waals surface area contributed by atoms with Gasteiger partial charge in [0.1, 0.15) is 0 Å². The van der Waals surface area contributed by atoms with Crippen molar-refractivity contribution in [3.63, 3.8) is 0 Å². The summed E-state index contributed by atoms with van der Waals surface area (Å²) in [6.45, 7) is 0. The van der Waals surface area contributed by atoms with Gasteiger partial charge in [-0.3, -0.25) is 4.90 Å². The van der Waals surface area contributed by atoms with Crippen molar-refractivity contribution in [3.05, 3.63) is 48.1 Å². The lowest BCUT2D eigenvalue weighted by Gasteiger charge is -2.34. The molecule has 4 N–H and O–H groups in total. The zero-order chi connectivity index (χ0) is 12.5. The van der Waals surface area contributed by atoms with E-state index < -0.39 is 0 Å². The van der Waals surface area contributed by atoms with Crippen LogP contribution in [0.2, 0.25) is 0 Å². The third kappa shape index (κ3) is 2.40. The lowest BCUT2D eigenvalue weighted by atomic mass is 9.93. The Morgan fingerprint density at radius 2 is 1.82 bits per heavy atom. The number of rotatable bonds is 2. The Hall–Kier alpha value is -1.58. The van der Waals surface area contributed by atoms with E-state index >= 15 is 0 Å². The zero-order valence-corrected chi connectivity index (χ0v) is 10.4. The lowest BCUT2D eigenvalue weighted by molar-refractivity contribution is 0.216. The lowest BCUT2D eigenvalue weighted by Crippen LogP contribution is -2.51. The van der Waals surface area contributed by atoms with Gasteiger partial charge in [-0.25, -0.2) is 0 Å². The SMILES string of the molecule is CN(C)C1(N)C=CC(c2ccc(N)cc2)=CC1. The average Bonchev–Trinajstić information content (AvgIpc) is 2.31. The monoisotopic (exact) mass is 229 g/mol. The summed E-state index contributed by atoms with van der Waals surface area (Å²) in [5.41, 5.74) is 14.7. The van der Waals surface area contributed by atoms with Gasteiger partial charge in [0.25, 0.3) is 0 Å². The van der Waals surface area contributed by atoms with E-state index in [2.05, 4.69) is 18.2 Å². The Balaban J connectivity index is 2.20. The fourth-order valence-electron chi connectivity index (χ4n) is 1.86. The number of hydrogen-bond donors (Lipinski definition) is 2. The van der Waals surface area contributed by atoms with Gasteiger partial charge in [-0.05, 0) is 43.4 Å². The van der Waals surface area contributed by atoms with Gasteiger partial charge in [-0.2, -0.15) is 0 Å². The minimum Gasteiger partial charge on any atom is -0.399 e. The van der Waals surface area contributed by atoms with Crippen LogP contribution in [0.25, 0.3) is 5.57 Å². The number of nitrogens with zero attached hydrogens (tertiary/aromatic N) is 1. The molecule has 0 fully saturated rings. The average molecular weight is 229 g/mol. The van der Waals surface area contributed by atoms with Gasteiger partial charge in [0.05, 0.1) is 5.66 Å². The van der Waals surface area contributed by atoms with Crippen molar-refractivity contribution < 1.29 is 0 Å². The van der Waals surface area contributed by atoms with Crippen molar-refractivity contribution in [1.82, 2.24) is 4.90 Å². The van der Waals surface area contributed by atoms with Gasteiger partial charge in [-0.15, -0.1) is 0 Å². The molecule has 3 nitrogen and oxygen atoms in total. The number of benzene rings is 1. The maximum Gasteiger partial charge on any atom is 0.0912 e. The van der Waals surface area contributed by atoms with Crippen molar-refractivity contribution in [2.24, 2.45) is 5.73 Å². The van der Waals surface area contributed by atoms with Crippen LogP contribution in [0.15, 0.2) is 42.5 Å². The van der Waals surface area contributed by atoms with Crippen LogP contribution in [0, 0.1) is 0 Å². The molecule has 1 aromatic carbocycles. The van der Waals surface area contributed by atoms with Gasteiger partial charge in [-0.1, -0.05) is 24.3 Å². The van der Waals surface area contributed by atoms with Crippen LogP contribution in [-0.2, 0) is 0 Å². The van der Waals surface area contributed by atoms with Gasteiger partial charge in [0.15, 0.2) is 0 Å². The number of likely N-dealkylation sites (N-methyl/N-ethyl adjacent to an activating group) is 1. The minimum atomic E-state index is -0.364. The third-order valence-electron chi connectivity index (χ3n) is 3.28. The summed E-state index contributed by atoms with van der Waals surface area (Å²) in [6, 6.07) is 7.90. The number of nitrogen functional groups attached to an aromatic ring is 1. The molecular weight excluding hydrogens is 210 g/mol. The van der Waals surface area contributed by atoms with Crippen molar-refractivity contribution in [2.45, 2.75) is 12.1 Å². The number of anilines is 1. The second-order valence-corrected chi connectivity index (χ2v) is 4.70. The molecule has 0 aliphatic heterocycles. The second kappa shape index (κ2) is 4.35. The Kier molecular flexibility index (Phi) is 3.05. The third-order valence-corrected chi connectivity index (χ3v) is 3.28. The summed E-state index contributed by atoms with van der Waals surface area (Å²) in [6.07, 6.45) is 7.12. The molecule has 0 spiro atoms. The molecule has 1 aliphatic rings. The number of nitrogens with two attached hydrogens (primary N) is 2. The summed E-state index contributed by atoms with van der Waals surface area (Å²) in [5.74, 6) is 0. The van der Waals surface area contributed by atoms with Crippen LogP contribution in [0.3, 0.4) is 0 Å². The van der Waals surface area contributed by atoms with Gasteiger partial charge in [0, 0.05) is 12.1 Å². The van der Waals surface area contributed by atoms with Crippen molar-refractivity contribution in [3.8, 4) is 0 Å². The standard InChI is InChI=1S/C14H19N3/c1-17(2)14(16)9-7-12(8-10-14)11-3-5-13(15)6-4-11/h3-9H,10,15-16H2,1-2H3. The van der Waals surface area contributed by atoms with Crippen LogP contribution in [0.5, 0.6) is 0 Å². The van der Waals surface area contributed by atoms with E-state index in [9.17, 15) is 0 Å². The molecule has 0 bridgehead atoms. The zero-order valence-electron chi connectivity index (χ0n) is 10.4. The molecule has 17 heavy (non-hydrogen) atoms. The molecule has 0 heterocycles. The molecule has 0 saturated carbocycles. The molecule has 0 radical (unpaired) electrons. The number of hydrogen-bond acceptors (Lipinski definition) is 3. The highest BCUT2D eigenvalue weighted by atomic mass is 15.2. The van der Waals surface area contributed by atoms with E-state index in [0.717, 1.165) is 12.1 Å². The Bertz CT molecular complexity index is 457. The molecule has 1 aromatic rings. The van der Waals surface area contributed by atoms with E-state index in [1.165, 1.54) is 11.1 Å². The highest BCUT2D eigenvalue weighted by Gasteiger charge is 2.25. The van der Waals surface area contributed by atoms with Gasteiger partial charge in [0.2, 0.25) is 0 Å². The molecule has 0 saturated heterocycles. The molecular formula is C14H19N3. The molecule has 1 aliphatic carbocycles. The largest absolute Gasteiger partial charge is 0.399 e. The normalized spacial score (nSPS) is 23.9. The predicted octanol–water partition coefficient (Wildman–Crippen LogP) is 1.83. The Labute approximate surface area is 102 Å². The first-order chi connectivity index (χ1) is 8.01. The quantitative estimate of drug-likeness (QED) is 0.601. The summed E-state index contributed by atoms with van der Waals surface area (Å²) in [5, 5.41) is 0. The first kappa shape index (κ1) is 11.9. The first-order valence-corrected chi connectivity index (χ1v) is 5.73. The van der Waals surface area contributed by atoms with Crippen LogP contribution < -0.4 is 11.5 Å². The van der Waals surface area contributed by atoms with Crippen LogP contribution >= 0.6 is 0 Å². The second-order valence-electron chi connectivity index (χ2n) is 4.70. The summed E-state index contributed by atoms with van der Waals surface area (Å²) in [7, 11) is 3.98. The molecule has 0 aromatic heterocycles. The maximum atomic E-state index is 6.24. The highest BCUT2D eigenvalue weighted by Crippen LogP contribution is 2.26. The molecule has 0 amide bonds. The van der Waals surface area contributed by atoms with E-state index in [1.54, 1.807) is 0 Å². The Morgan fingerprint density at radius 3 is 2.29 bits per heavy atom. The van der Waals surface area contributed by atoms with E-state index in [4.69, 9.17) is 11.5 Å². The van der Waals surface area contributed by atoms with Crippen LogP contribution in [0.1, 0.15) is 12.0 Å². The van der Waals surface area contributed by atoms with Gasteiger partial charge < -0.3 is 11.5 Å². The van der Waals surface area contributed by atoms with Crippen molar-refractivity contribution in [1.29, 1.82) is 0 Å². The van der Waals surface area contributed by atoms with Crippen LogP contribution in [-0.4, -0.2) is 24.7 Å². The van der Waals surface area contributed by atoms with E-state index in [-0.39, 0.29) is 5.66 Å². The number of allylic oxidation sites excluding steroid dienone is 2. The van der Waals surface area contributed by atoms with E-state index in [0.29, 0.717) is 0 Å². The fourth-order valence-corrected chi connectivity index (χ4v) is 1.86. The van der Waals surface area contributed by atoms with Crippen molar-refractivity contribution in [2.75, 3.05) is 19.8 Å². The smallest absolute Gasteiger partial charge is 0.0912 e. The maximum absolute atomic E-state index is 6.24. The summed E-state index contributed by atoms with van der Waals surface area (Å²) < 4.78 is 0. The molecule has 1 atom stereocenters. The molecule has 90 valence electrons.